The van der Waals surface area contributed by atoms with Gasteiger partial charge in [0.15, 0.2) is 7.49 Å². The van der Waals surface area contributed by atoms with Gasteiger partial charge >= 0.3 is 0 Å². The second kappa shape index (κ2) is 1.95. The van der Waals surface area contributed by atoms with E-state index in [1.54, 1.807) is 0 Å². The summed E-state index contributed by atoms with van der Waals surface area (Å²) in [5, 5.41) is 0. The maximum Gasteiger partial charge on any atom is 0.186 e. The molecule has 0 aromatic carbocycles. The third-order valence-electron chi connectivity index (χ3n) is 2.59. The van der Waals surface area contributed by atoms with E-state index in [0.29, 0.717) is 0 Å². The minimum Gasteiger partial charge on any atom is -0.247 e. The predicted molar refractivity (Wildman–Crippen MR) is 43.9 cm³/mol. The summed E-state index contributed by atoms with van der Waals surface area (Å²) in [7, 11) is -1.54. The minimum absolute atomic E-state index is 0.986. The van der Waals surface area contributed by atoms with Gasteiger partial charge in [0.05, 0.1) is 20.0 Å². The standard InChI is InChI=1S/C6H13N3OP/c10-11-4-7-1-8(5-11)3-9(2-7)6-11/h10H,1-6H2/q+1. The quantitative estimate of drug-likeness (QED) is 0.506. The molecule has 0 unspecified atom stereocenters. The van der Waals surface area contributed by atoms with Gasteiger partial charge in [-0.15, -0.1) is 0 Å². The summed E-state index contributed by atoms with van der Waals surface area (Å²) in [5.41, 5.74) is 0. The van der Waals surface area contributed by atoms with Crippen LogP contribution in [0.3, 0.4) is 0 Å². The molecule has 11 heavy (non-hydrogen) atoms. The Morgan fingerprint density at radius 1 is 0.818 bits per heavy atom. The van der Waals surface area contributed by atoms with Crippen molar-refractivity contribution in [3.8, 4) is 0 Å². The topological polar surface area (TPSA) is 30.0 Å². The molecule has 4 aliphatic heterocycles. The summed E-state index contributed by atoms with van der Waals surface area (Å²) in [6, 6.07) is 0. The van der Waals surface area contributed by atoms with Crippen LogP contribution in [0.25, 0.3) is 0 Å². The van der Waals surface area contributed by atoms with E-state index in [4.69, 9.17) is 0 Å². The van der Waals surface area contributed by atoms with Gasteiger partial charge < -0.3 is 0 Å². The molecule has 1 N–H and O–H groups in total. The Labute approximate surface area is 66.8 Å². The number of hydrogen-bond acceptors (Lipinski definition) is 4. The van der Waals surface area contributed by atoms with Crippen molar-refractivity contribution in [1.29, 1.82) is 0 Å². The molecule has 4 saturated heterocycles. The third-order valence-corrected chi connectivity index (χ3v) is 5.37. The second-order valence-electron chi connectivity index (χ2n) is 3.96. The van der Waals surface area contributed by atoms with Gasteiger partial charge in [-0.3, -0.25) is 0 Å². The van der Waals surface area contributed by atoms with Crippen molar-refractivity contribution in [2.75, 3.05) is 38.9 Å². The predicted octanol–water partition coefficient (Wildman–Crippen LogP) is -0.397. The fourth-order valence-corrected chi connectivity index (χ4v) is 5.54. The summed E-state index contributed by atoms with van der Waals surface area (Å²) in [6.07, 6.45) is 2.96. The van der Waals surface area contributed by atoms with Crippen LogP contribution in [0.4, 0.5) is 0 Å². The van der Waals surface area contributed by atoms with Crippen molar-refractivity contribution in [2.24, 2.45) is 0 Å². The first-order valence-corrected chi connectivity index (χ1v) is 6.29. The van der Waals surface area contributed by atoms with Gasteiger partial charge in [0.2, 0.25) is 0 Å². The lowest BCUT2D eigenvalue weighted by Gasteiger charge is -2.53. The zero-order valence-corrected chi connectivity index (χ0v) is 7.37. The summed E-state index contributed by atoms with van der Waals surface area (Å²) in [5.74, 6) is 0. The molecule has 4 rings (SSSR count). The van der Waals surface area contributed by atoms with Crippen molar-refractivity contribution in [3.63, 3.8) is 0 Å². The summed E-state index contributed by atoms with van der Waals surface area (Å²) in [4.78, 5) is 17.1. The minimum atomic E-state index is -1.54. The van der Waals surface area contributed by atoms with E-state index in [1.807, 2.05) is 0 Å². The highest BCUT2D eigenvalue weighted by molar-refractivity contribution is 7.70. The Kier molecular flexibility index (Phi) is 1.20. The normalized spacial score (nSPS) is 60.3. The monoisotopic (exact) mass is 174 g/mol. The Hall–Kier alpha value is 0.270. The van der Waals surface area contributed by atoms with Crippen LogP contribution in [0.15, 0.2) is 0 Å². The van der Waals surface area contributed by atoms with Gasteiger partial charge in [-0.25, -0.2) is 19.6 Å². The Morgan fingerprint density at radius 2 is 1.18 bits per heavy atom. The molecule has 0 aromatic heterocycles. The lowest BCUT2D eigenvalue weighted by Crippen LogP contribution is -2.64. The zero-order valence-electron chi connectivity index (χ0n) is 6.48. The second-order valence-corrected chi connectivity index (χ2v) is 6.99. The first-order valence-electron chi connectivity index (χ1n) is 3.99. The van der Waals surface area contributed by atoms with Crippen LogP contribution in [-0.4, -0.2) is 58.5 Å². The maximum absolute atomic E-state index is 10.1. The van der Waals surface area contributed by atoms with E-state index in [-0.39, 0.29) is 0 Å². The molecular weight excluding hydrogens is 161 g/mol. The molecule has 0 saturated carbocycles. The molecule has 0 amide bonds. The van der Waals surface area contributed by atoms with Crippen molar-refractivity contribution in [3.05, 3.63) is 0 Å². The van der Waals surface area contributed by atoms with Crippen LogP contribution < -0.4 is 0 Å². The zero-order chi connectivity index (χ0) is 7.47. The average molecular weight is 174 g/mol. The van der Waals surface area contributed by atoms with Crippen molar-refractivity contribution in [1.82, 2.24) is 14.7 Å². The molecule has 62 valence electrons. The molecule has 0 aromatic rings. The molecule has 4 fully saturated rings. The first kappa shape index (κ1) is 6.75. The number of nitrogens with zero attached hydrogens (tertiary/aromatic N) is 3. The molecule has 0 radical (unpaired) electrons. The molecular formula is C6H13N3OP+. The highest BCUT2D eigenvalue weighted by atomic mass is 31.2. The van der Waals surface area contributed by atoms with Crippen molar-refractivity contribution in [2.45, 2.75) is 0 Å². The van der Waals surface area contributed by atoms with Crippen LogP contribution in [0.5, 0.6) is 0 Å². The Morgan fingerprint density at radius 3 is 1.45 bits per heavy atom. The van der Waals surface area contributed by atoms with E-state index >= 15 is 0 Å². The fourth-order valence-electron chi connectivity index (χ4n) is 2.50. The molecule has 0 aliphatic carbocycles. The van der Waals surface area contributed by atoms with E-state index in [9.17, 15) is 4.89 Å². The summed E-state index contributed by atoms with van der Waals surface area (Å²) >= 11 is 0. The van der Waals surface area contributed by atoms with E-state index < -0.39 is 7.49 Å². The summed E-state index contributed by atoms with van der Waals surface area (Å²) in [6.45, 7) is 3.25. The van der Waals surface area contributed by atoms with Gasteiger partial charge in [-0.2, -0.15) is 0 Å². The van der Waals surface area contributed by atoms with Gasteiger partial charge in [0.1, 0.15) is 18.9 Å². The Bertz CT molecular complexity index is 163. The highest BCUT2D eigenvalue weighted by Crippen LogP contribution is 2.61. The van der Waals surface area contributed by atoms with Crippen LogP contribution in [0, 0.1) is 0 Å². The average Bonchev–Trinajstić information content (AvgIpc) is 1.79. The Balaban J connectivity index is 1.94. The van der Waals surface area contributed by atoms with Crippen LogP contribution in [0.2, 0.25) is 0 Å². The van der Waals surface area contributed by atoms with Gasteiger partial charge in [-0.1, -0.05) is 0 Å². The smallest absolute Gasteiger partial charge is 0.186 e. The van der Waals surface area contributed by atoms with Gasteiger partial charge in [0, 0.05) is 0 Å². The van der Waals surface area contributed by atoms with Crippen molar-refractivity contribution < 1.29 is 4.89 Å². The number of hydrogen-bond donors (Lipinski definition) is 1. The highest BCUT2D eigenvalue weighted by Gasteiger charge is 2.53. The van der Waals surface area contributed by atoms with E-state index in [1.165, 1.54) is 0 Å². The van der Waals surface area contributed by atoms with Crippen LogP contribution >= 0.6 is 7.49 Å². The molecule has 4 bridgehead atoms. The fraction of sp³-hybridized carbons (Fsp3) is 1.00. The third kappa shape index (κ3) is 0.945. The molecule has 4 heterocycles. The lowest BCUT2D eigenvalue weighted by atomic mass is 10.5. The lowest BCUT2D eigenvalue weighted by molar-refractivity contribution is -0.0344. The van der Waals surface area contributed by atoms with Gasteiger partial charge in [-0.05, 0) is 0 Å². The maximum atomic E-state index is 10.1. The molecule has 4 nitrogen and oxygen atoms in total. The largest absolute Gasteiger partial charge is 0.247 e. The number of rotatable bonds is 0. The molecule has 0 spiro atoms. The van der Waals surface area contributed by atoms with E-state index in [2.05, 4.69) is 14.7 Å². The molecule has 5 heteroatoms. The van der Waals surface area contributed by atoms with Crippen LogP contribution in [0.1, 0.15) is 0 Å². The van der Waals surface area contributed by atoms with Crippen LogP contribution in [-0.2, 0) is 0 Å². The van der Waals surface area contributed by atoms with Gasteiger partial charge in [0.25, 0.3) is 0 Å². The first-order chi connectivity index (χ1) is 5.23. The SMILES string of the molecule is O[P+]12CN3CN(CN(C3)C1)C2. The summed E-state index contributed by atoms with van der Waals surface area (Å²) < 4.78 is 0. The van der Waals surface area contributed by atoms with Crippen molar-refractivity contribution >= 4 is 7.49 Å². The molecule has 0 atom stereocenters. The van der Waals surface area contributed by atoms with E-state index in [0.717, 1.165) is 38.9 Å². The molecule has 4 aliphatic rings.